The molecule has 0 aliphatic carbocycles. The summed E-state index contributed by atoms with van der Waals surface area (Å²) in [4.78, 5) is 4.31. The predicted molar refractivity (Wildman–Crippen MR) is 76.8 cm³/mol. The highest BCUT2D eigenvalue weighted by molar-refractivity contribution is 5.44. The fourth-order valence-electron chi connectivity index (χ4n) is 1.97. The van der Waals surface area contributed by atoms with E-state index in [1.807, 2.05) is 19.2 Å². The second kappa shape index (κ2) is 5.67. The smallest absolute Gasteiger partial charge is 0.0531 e. The van der Waals surface area contributed by atoms with Gasteiger partial charge in [0.05, 0.1) is 17.9 Å². The van der Waals surface area contributed by atoms with E-state index in [0.29, 0.717) is 6.04 Å². The number of hydrogen-bond acceptors (Lipinski definition) is 2. The van der Waals surface area contributed by atoms with Gasteiger partial charge >= 0.3 is 0 Å². The van der Waals surface area contributed by atoms with Crippen molar-refractivity contribution >= 4 is 5.69 Å². The highest BCUT2D eigenvalue weighted by Crippen LogP contribution is 2.22. The van der Waals surface area contributed by atoms with Crippen molar-refractivity contribution < 1.29 is 0 Å². The molecule has 0 fully saturated rings. The van der Waals surface area contributed by atoms with Crippen molar-refractivity contribution in [2.45, 2.75) is 33.2 Å². The summed E-state index contributed by atoms with van der Waals surface area (Å²) < 4.78 is 0. The maximum atomic E-state index is 4.31. The molecule has 1 N–H and O–H groups in total. The van der Waals surface area contributed by atoms with Gasteiger partial charge in [-0.1, -0.05) is 36.8 Å². The van der Waals surface area contributed by atoms with Crippen LogP contribution >= 0.6 is 0 Å². The third-order valence-corrected chi connectivity index (χ3v) is 3.14. The van der Waals surface area contributed by atoms with E-state index in [4.69, 9.17) is 0 Å². The van der Waals surface area contributed by atoms with Crippen LogP contribution in [0.1, 0.15) is 36.2 Å². The number of aryl methyl sites for hydroxylation is 2. The average molecular weight is 240 g/mol. The van der Waals surface area contributed by atoms with Gasteiger partial charge in [0.15, 0.2) is 0 Å². The molecular formula is C16H20N2. The third kappa shape index (κ3) is 3.10. The van der Waals surface area contributed by atoms with E-state index in [1.54, 1.807) is 0 Å². The summed E-state index contributed by atoms with van der Waals surface area (Å²) in [5.41, 5.74) is 4.74. The first kappa shape index (κ1) is 12.6. The predicted octanol–water partition coefficient (Wildman–Crippen LogP) is 4.26. The van der Waals surface area contributed by atoms with Crippen LogP contribution in [0.4, 0.5) is 5.69 Å². The van der Waals surface area contributed by atoms with Crippen LogP contribution < -0.4 is 5.32 Å². The number of hydrogen-bond donors (Lipinski definition) is 1. The summed E-state index contributed by atoms with van der Waals surface area (Å²) >= 11 is 0. The molecule has 2 rings (SSSR count). The van der Waals surface area contributed by atoms with Crippen LogP contribution in [-0.4, -0.2) is 4.98 Å². The fraction of sp³-hybridized carbons (Fsp3) is 0.312. The van der Waals surface area contributed by atoms with Gasteiger partial charge in [-0.05, 0) is 38.0 Å². The van der Waals surface area contributed by atoms with E-state index in [1.165, 1.54) is 11.1 Å². The quantitative estimate of drug-likeness (QED) is 0.863. The Hall–Kier alpha value is -1.83. The Morgan fingerprint density at radius 1 is 1.06 bits per heavy atom. The van der Waals surface area contributed by atoms with Crippen LogP contribution in [0.15, 0.2) is 42.6 Å². The molecule has 94 valence electrons. The average Bonchev–Trinajstić information content (AvgIpc) is 2.39. The molecule has 1 atom stereocenters. The van der Waals surface area contributed by atoms with Crippen LogP contribution in [0.5, 0.6) is 0 Å². The Morgan fingerprint density at radius 3 is 2.33 bits per heavy atom. The van der Waals surface area contributed by atoms with Gasteiger partial charge in [-0.25, -0.2) is 0 Å². The molecule has 0 saturated heterocycles. The number of benzene rings is 1. The molecule has 0 spiro atoms. The molecular weight excluding hydrogens is 220 g/mol. The lowest BCUT2D eigenvalue weighted by Crippen LogP contribution is -2.09. The van der Waals surface area contributed by atoms with Gasteiger partial charge in [0.1, 0.15) is 0 Å². The van der Waals surface area contributed by atoms with Gasteiger partial charge in [0.25, 0.3) is 0 Å². The lowest BCUT2D eigenvalue weighted by Gasteiger charge is -2.18. The van der Waals surface area contributed by atoms with Crippen molar-refractivity contribution in [1.82, 2.24) is 4.98 Å². The summed E-state index contributed by atoms with van der Waals surface area (Å²) in [5.74, 6) is 0. The Balaban J connectivity index is 2.14. The second-order valence-corrected chi connectivity index (χ2v) is 4.70. The number of anilines is 1. The Kier molecular flexibility index (Phi) is 3.98. The molecule has 2 heteroatoms. The number of aromatic nitrogens is 1. The zero-order valence-electron chi connectivity index (χ0n) is 11.3. The largest absolute Gasteiger partial charge is 0.377 e. The normalized spacial score (nSPS) is 12.2. The summed E-state index contributed by atoms with van der Waals surface area (Å²) in [7, 11) is 0. The summed E-state index contributed by atoms with van der Waals surface area (Å²) in [6.07, 6.45) is 2.95. The van der Waals surface area contributed by atoms with Crippen LogP contribution in [0.3, 0.4) is 0 Å². The molecule has 0 aliphatic rings. The van der Waals surface area contributed by atoms with Crippen molar-refractivity contribution in [1.29, 1.82) is 0 Å². The zero-order valence-corrected chi connectivity index (χ0v) is 11.3. The van der Waals surface area contributed by atoms with Crippen LogP contribution in [0.25, 0.3) is 0 Å². The summed E-state index contributed by atoms with van der Waals surface area (Å²) in [6.45, 7) is 6.31. The Morgan fingerprint density at radius 2 is 1.78 bits per heavy atom. The monoisotopic (exact) mass is 240 g/mol. The molecule has 0 radical (unpaired) electrons. The van der Waals surface area contributed by atoms with E-state index in [2.05, 4.69) is 54.5 Å². The van der Waals surface area contributed by atoms with Crippen LogP contribution in [0.2, 0.25) is 0 Å². The van der Waals surface area contributed by atoms with E-state index in [9.17, 15) is 0 Å². The molecule has 0 amide bonds. The van der Waals surface area contributed by atoms with Crippen molar-refractivity contribution in [2.24, 2.45) is 0 Å². The van der Waals surface area contributed by atoms with Crippen LogP contribution in [0, 0.1) is 13.8 Å². The van der Waals surface area contributed by atoms with Crippen molar-refractivity contribution in [3.63, 3.8) is 0 Å². The minimum Gasteiger partial charge on any atom is -0.377 e. The van der Waals surface area contributed by atoms with Crippen LogP contribution in [-0.2, 0) is 0 Å². The number of nitrogens with zero attached hydrogens (tertiary/aromatic N) is 1. The molecule has 18 heavy (non-hydrogen) atoms. The lowest BCUT2D eigenvalue weighted by molar-refractivity contribution is 0.748. The van der Waals surface area contributed by atoms with Gasteiger partial charge < -0.3 is 5.32 Å². The fourth-order valence-corrected chi connectivity index (χ4v) is 1.97. The van der Waals surface area contributed by atoms with Gasteiger partial charge in [-0.15, -0.1) is 0 Å². The highest BCUT2D eigenvalue weighted by Gasteiger charge is 2.08. The number of rotatable bonds is 4. The first-order valence-electron chi connectivity index (χ1n) is 6.45. The first-order valence-corrected chi connectivity index (χ1v) is 6.45. The van der Waals surface area contributed by atoms with Crippen molar-refractivity contribution in [2.75, 3.05) is 5.32 Å². The van der Waals surface area contributed by atoms with Gasteiger partial charge in [-0.2, -0.15) is 0 Å². The maximum absolute atomic E-state index is 4.31. The van der Waals surface area contributed by atoms with Crippen molar-refractivity contribution in [3.05, 3.63) is 59.4 Å². The minimum absolute atomic E-state index is 0.343. The molecule has 0 saturated carbocycles. The molecule has 2 aromatic rings. The molecule has 1 heterocycles. The molecule has 0 bridgehead atoms. The first-order chi connectivity index (χ1) is 8.69. The number of pyridine rings is 1. The zero-order chi connectivity index (χ0) is 13.0. The van der Waals surface area contributed by atoms with E-state index >= 15 is 0 Å². The molecule has 0 aliphatic heterocycles. The van der Waals surface area contributed by atoms with E-state index < -0.39 is 0 Å². The second-order valence-electron chi connectivity index (χ2n) is 4.70. The third-order valence-electron chi connectivity index (χ3n) is 3.14. The van der Waals surface area contributed by atoms with E-state index in [-0.39, 0.29) is 0 Å². The standard InChI is InChI=1S/C16H20N2/c1-4-16(14-8-5-12(2)6-9-14)18-15-10-7-13(3)17-11-15/h5-11,16,18H,4H2,1-3H3. The highest BCUT2D eigenvalue weighted by atomic mass is 14.9. The van der Waals surface area contributed by atoms with Gasteiger partial charge in [0.2, 0.25) is 0 Å². The molecule has 1 aromatic carbocycles. The Bertz CT molecular complexity index is 486. The minimum atomic E-state index is 0.343. The van der Waals surface area contributed by atoms with Crippen molar-refractivity contribution in [3.8, 4) is 0 Å². The summed E-state index contributed by atoms with van der Waals surface area (Å²) in [5, 5.41) is 3.53. The topological polar surface area (TPSA) is 24.9 Å². The molecule has 1 unspecified atom stereocenters. The molecule has 2 nitrogen and oxygen atoms in total. The molecule has 1 aromatic heterocycles. The van der Waals surface area contributed by atoms with Gasteiger partial charge in [-0.3, -0.25) is 4.98 Å². The Labute approximate surface area is 109 Å². The summed E-state index contributed by atoms with van der Waals surface area (Å²) in [6, 6.07) is 13.2. The van der Waals surface area contributed by atoms with Gasteiger partial charge in [0, 0.05) is 5.69 Å². The lowest BCUT2D eigenvalue weighted by atomic mass is 10.0. The van der Waals surface area contributed by atoms with E-state index in [0.717, 1.165) is 17.8 Å². The maximum Gasteiger partial charge on any atom is 0.0531 e. The number of nitrogens with one attached hydrogen (secondary N) is 1. The SMILES string of the molecule is CCC(Nc1ccc(C)nc1)c1ccc(C)cc1.